The Labute approximate surface area is 152 Å². The van der Waals surface area contributed by atoms with E-state index in [4.69, 9.17) is 11.6 Å². The Bertz CT molecular complexity index is 810. The van der Waals surface area contributed by atoms with Crippen LogP contribution in [-0.2, 0) is 23.1 Å². The predicted molar refractivity (Wildman–Crippen MR) is 88.9 cm³/mol. The van der Waals surface area contributed by atoms with Gasteiger partial charge in [-0.2, -0.15) is 13.2 Å². The van der Waals surface area contributed by atoms with Crippen LogP contribution in [0, 0.1) is 5.82 Å². The average Bonchev–Trinajstić information content (AvgIpc) is 2.59. The van der Waals surface area contributed by atoms with Crippen LogP contribution in [0.15, 0.2) is 42.5 Å². The summed E-state index contributed by atoms with van der Waals surface area (Å²) in [4.78, 5) is 12.4. The zero-order chi connectivity index (χ0) is 19.5. The van der Waals surface area contributed by atoms with Crippen molar-refractivity contribution < 1.29 is 27.5 Å². The minimum atomic E-state index is -4.63. The lowest BCUT2D eigenvalue weighted by Crippen LogP contribution is -2.43. The smallest absolute Gasteiger partial charge is 0.375 e. The minimum Gasteiger partial charge on any atom is -0.375 e. The number of amides is 1. The number of rotatable bonds is 5. The molecular weight excluding hydrogens is 374 g/mol. The van der Waals surface area contributed by atoms with Gasteiger partial charge in [0.2, 0.25) is 0 Å². The van der Waals surface area contributed by atoms with E-state index in [-0.39, 0.29) is 17.5 Å². The molecule has 0 aliphatic rings. The fourth-order valence-corrected chi connectivity index (χ4v) is 2.64. The second kappa shape index (κ2) is 7.63. The monoisotopic (exact) mass is 389 g/mol. The molecule has 0 unspecified atom stereocenters. The Balaban J connectivity index is 2.22. The Morgan fingerprint density at radius 2 is 1.85 bits per heavy atom. The molecule has 0 radical (unpaired) electrons. The number of alkyl halides is 3. The molecule has 140 valence electrons. The molecule has 0 aliphatic heterocycles. The predicted octanol–water partition coefficient (Wildman–Crippen LogP) is 4.41. The summed E-state index contributed by atoms with van der Waals surface area (Å²) < 4.78 is 52.0. The number of aliphatic hydroxyl groups is 1. The first-order chi connectivity index (χ1) is 12.1. The van der Waals surface area contributed by atoms with Crippen LogP contribution in [0.4, 0.5) is 17.6 Å². The van der Waals surface area contributed by atoms with Crippen molar-refractivity contribution in [1.29, 1.82) is 0 Å². The standard InChI is InChI=1S/C18H16ClF4NO2/c1-2-17(26,12-4-3-5-14(19)9-12)16(25)24-10-11-8-13(18(21,22)23)6-7-15(11)20/h3-9,26H,2,10H2,1H3,(H,24,25)/t17-/m0/s1. The van der Waals surface area contributed by atoms with Gasteiger partial charge in [-0.3, -0.25) is 4.79 Å². The molecule has 2 aromatic rings. The Morgan fingerprint density at radius 3 is 2.42 bits per heavy atom. The molecule has 0 bridgehead atoms. The van der Waals surface area contributed by atoms with Crippen LogP contribution in [-0.4, -0.2) is 11.0 Å². The van der Waals surface area contributed by atoms with E-state index in [1.165, 1.54) is 12.1 Å². The van der Waals surface area contributed by atoms with Crippen LogP contribution < -0.4 is 5.32 Å². The van der Waals surface area contributed by atoms with Crippen molar-refractivity contribution in [2.75, 3.05) is 0 Å². The molecule has 26 heavy (non-hydrogen) atoms. The van der Waals surface area contributed by atoms with E-state index in [1.807, 2.05) is 0 Å². The van der Waals surface area contributed by atoms with E-state index < -0.39 is 35.6 Å². The summed E-state index contributed by atoms with van der Waals surface area (Å²) in [6, 6.07) is 7.96. The lowest BCUT2D eigenvalue weighted by atomic mass is 9.90. The van der Waals surface area contributed by atoms with Crippen LogP contribution in [0.5, 0.6) is 0 Å². The number of halogens is 5. The molecule has 1 atom stereocenters. The molecule has 3 nitrogen and oxygen atoms in total. The highest BCUT2D eigenvalue weighted by Crippen LogP contribution is 2.31. The van der Waals surface area contributed by atoms with Gasteiger partial charge in [-0.15, -0.1) is 0 Å². The Hall–Kier alpha value is -2.12. The van der Waals surface area contributed by atoms with Crippen molar-refractivity contribution in [2.24, 2.45) is 0 Å². The van der Waals surface area contributed by atoms with Crippen molar-refractivity contribution >= 4 is 17.5 Å². The first-order valence-corrected chi connectivity index (χ1v) is 8.08. The summed E-state index contributed by atoms with van der Waals surface area (Å²) in [5.41, 5.74) is -3.07. The normalized spacial score (nSPS) is 14.0. The molecule has 8 heteroatoms. The van der Waals surface area contributed by atoms with Crippen LogP contribution in [0.1, 0.15) is 30.0 Å². The van der Waals surface area contributed by atoms with Gasteiger partial charge in [0.25, 0.3) is 5.91 Å². The van der Waals surface area contributed by atoms with Gasteiger partial charge < -0.3 is 10.4 Å². The van der Waals surface area contributed by atoms with Crippen LogP contribution >= 0.6 is 11.6 Å². The molecule has 0 aliphatic carbocycles. The third-order valence-corrected chi connectivity index (χ3v) is 4.24. The zero-order valence-electron chi connectivity index (χ0n) is 13.7. The Kier molecular flexibility index (Phi) is 5.93. The average molecular weight is 390 g/mol. The number of benzene rings is 2. The van der Waals surface area contributed by atoms with Crippen molar-refractivity contribution in [2.45, 2.75) is 31.7 Å². The summed E-state index contributed by atoms with van der Waals surface area (Å²) in [6.07, 6.45) is -4.64. The van der Waals surface area contributed by atoms with E-state index in [9.17, 15) is 27.5 Å². The van der Waals surface area contributed by atoms with E-state index in [2.05, 4.69) is 5.32 Å². The first kappa shape index (κ1) is 20.2. The fraction of sp³-hybridized carbons (Fsp3) is 0.278. The molecule has 2 N–H and O–H groups in total. The van der Waals surface area contributed by atoms with Crippen molar-refractivity contribution in [3.8, 4) is 0 Å². The molecule has 0 aromatic heterocycles. The minimum absolute atomic E-state index is 0.00967. The van der Waals surface area contributed by atoms with Gasteiger partial charge in [0.1, 0.15) is 5.82 Å². The maximum Gasteiger partial charge on any atom is 0.416 e. The third-order valence-electron chi connectivity index (χ3n) is 4.00. The van der Waals surface area contributed by atoms with Crippen LogP contribution in [0.3, 0.4) is 0 Å². The van der Waals surface area contributed by atoms with Crippen molar-refractivity contribution in [3.63, 3.8) is 0 Å². The SMILES string of the molecule is CC[C@@](O)(C(=O)NCc1cc(C(F)(F)F)ccc1F)c1cccc(Cl)c1. The van der Waals surface area contributed by atoms with Gasteiger partial charge in [-0.1, -0.05) is 30.7 Å². The molecule has 0 heterocycles. The van der Waals surface area contributed by atoms with Crippen molar-refractivity contribution in [1.82, 2.24) is 5.32 Å². The third kappa shape index (κ3) is 4.34. The number of nitrogens with one attached hydrogen (secondary N) is 1. The summed E-state index contributed by atoms with van der Waals surface area (Å²) in [6.45, 7) is 1.06. The lowest BCUT2D eigenvalue weighted by molar-refractivity contribution is -0.141. The fourth-order valence-electron chi connectivity index (χ4n) is 2.45. The van der Waals surface area contributed by atoms with E-state index in [0.717, 1.165) is 0 Å². The summed E-state index contributed by atoms with van der Waals surface area (Å²) in [7, 11) is 0. The zero-order valence-corrected chi connectivity index (χ0v) is 14.5. The molecule has 1 amide bonds. The molecule has 2 rings (SSSR count). The van der Waals surface area contributed by atoms with Gasteiger partial charge in [-0.05, 0) is 42.3 Å². The largest absolute Gasteiger partial charge is 0.416 e. The second-order valence-electron chi connectivity index (χ2n) is 5.71. The van der Waals surface area contributed by atoms with E-state index in [0.29, 0.717) is 23.2 Å². The molecule has 2 aromatic carbocycles. The van der Waals surface area contributed by atoms with Gasteiger partial charge in [0.05, 0.1) is 5.56 Å². The van der Waals surface area contributed by atoms with Gasteiger partial charge in [-0.25, -0.2) is 4.39 Å². The maximum absolute atomic E-state index is 13.8. The Morgan fingerprint density at radius 1 is 1.15 bits per heavy atom. The highest BCUT2D eigenvalue weighted by atomic mass is 35.5. The summed E-state index contributed by atoms with van der Waals surface area (Å²) in [5, 5.41) is 13.3. The second-order valence-corrected chi connectivity index (χ2v) is 6.15. The summed E-state index contributed by atoms with van der Waals surface area (Å²) >= 11 is 5.87. The molecular formula is C18H16ClF4NO2. The molecule has 0 spiro atoms. The maximum atomic E-state index is 13.8. The van der Waals surface area contributed by atoms with Crippen LogP contribution in [0.2, 0.25) is 5.02 Å². The first-order valence-electron chi connectivity index (χ1n) is 7.70. The van der Waals surface area contributed by atoms with Crippen molar-refractivity contribution in [3.05, 3.63) is 70.0 Å². The van der Waals surface area contributed by atoms with Crippen LogP contribution in [0.25, 0.3) is 0 Å². The number of hydrogen-bond acceptors (Lipinski definition) is 2. The number of carbonyl (C=O) groups is 1. The molecule has 0 saturated carbocycles. The molecule has 0 fully saturated rings. The highest BCUT2D eigenvalue weighted by molar-refractivity contribution is 6.30. The lowest BCUT2D eigenvalue weighted by Gasteiger charge is -2.26. The van der Waals surface area contributed by atoms with Gasteiger partial charge >= 0.3 is 6.18 Å². The topological polar surface area (TPSA) is 49.3 Å². The highest BCUT2D eigenvalue weighted by Gasteiger charge is 2.36. The summed E-state index contributed by atoms with van der Waals surface area (Å²) in [5.74, 6) is -1.75. The van der Waals surface area contributed by atoms with Gasteiger partial charge in [0, 0.05) is 17.1 Å². The molecule has 0 saturated heterocycles. The number of carbonyl (C=O) groups excluding carboxylic acids is 1. The quantitative estimate of drug-likeness (QED) is 0.744. The van der Waals surface area contributed by atoms with E-state index in [1.54, 1.807) is 19.1 Å². The van der Waals surface area contributed by atoms with E-state index >= 15 is 0 Å². The van der Waals surface area contributed by atoms with Gasteiger partial charge in [0.15, 0.2) is 5.60 Å². The number of hydrogen-bond donors (Lipinski definition) is 2.